The van der Waals surface area contributed by atoms with E-state index in [4.69, 9.17) is 4.74 Å². The quantitative estimate of drug-likeness (QED) is 0.677. The second-order valence-electron chi connectivity index (χ2n) is 8.04. The van der Waals surface area contributed by atoms with Gasteiger partial charge in [0.15, 0.2) is 0 Å². The molecule has 3 N–H and O–H groups in total. The average molecular weight is 425 g/mol. The zero-order valence-corrected chi connectivity index (χ0v) is 17.8. The third-order valence-electron chi connectivity index (χ3n) is 6.10. The van der Waals surface area contributed by atoms with Crippen LogP contribution in [-0.2, 0) is 19.1 Å². The second-order valence-corrected chi connectivity index (χ2v) is 8.04. The Labute approximate surface area is 181 Å². The van der Waals surface area contributed by atoms with Gasteiger partial charge in [-0.05, 0) is 38.3 Å². The van der Waals surface area contributed by atoms with Crippen molar-refractivity contribution in [1.82, 2.24) is 15.5 Å². The molecule has 2 aliphatic heterocycles. The molecule has 3 amide bonds. The van der Waals surface area contributed by atoms with Crippen LogP contribution in [-0.4, -0.2) is 60.6 Å². The van der Waals surface area contributed by atoms with Gasteiger partial charge in [0, 0.05) is 17.5 Å². The topological polar surface area (TPSA) is 99.8 Å². The van der Waals surface area contributed by atoms with Gasteiger partial charge in [0.05, 0.1) is 12.6 Å². The number of rotatable bonds is 5. The van der Waals surface area contributed by atoms with Crippen molar-refractivity contribution in [3.05, 3.63) is 42.5 Å². The van der Waals surface area contributed by atoms with Gasteiger partial charge in [-0.3, -0.25) is 14.4 Å². The molecule has 0 aromatic heterocycles. The molecule has 2 aromatic rings. The van der Waals surface area contributed by atoms with E-state index in [9.17, 15) is 14.4 Å². The number of carbonyl (C=O) groups excluding carboxylic acids is 3. The Morgan fingerprint density at radius 2 is 1.87 bits per heavy atom. The van der Waals surface area contributed by atoms with E-state index >= 15 is 0 Å². The number of likely N-dealkylation sites (N-methyl/N-ethyl adjacent to an activating group) is 1. The van der Waals surface area contributed by atoms with Crippen LogP contribution in [0.25, 0.3) is 10.8 Å². The van der Waals surface area contributed by atoms with Crippen molar-refractivity contribution in [2.75, 3.05) is 19.0 Å². The predicted molar refractivity (Wildman–Crippen MR) is 117 cm³/mol. The van der Waals surface area contributed by atoms with Gasteiger partial charge in [0.25, 0.3) is 0 Å². The zero-order valence-electron chi connectivity index (χ0n) is 17.8. The van der Waals surface area contributed by atoms with Crippen molar-refractivity contribution in [2.24, 2.45) is 0 Å². The van der Waals surface area contributed by atoms with Crippen molar-refractivity contribution < 1.29 is 19.1 Å². The monoisotopic (exact) mass is 424 g/mol. The van der Waals surface area contributed by atoms with Gasteiger partial charge in [0.1, 0.15) is 18.3 Å². The maximum Gasteiger partial charge on any atom is 0.247 e. The lowest BCUT2D eigenvalue weighted by atomic mass is 10.1. The number of fused-ring (bicyclic) bond motifs is 2. The molecule has 8 heteroatoms. The summed E-state index contributed by atoms with van der Waals surface area (Å²) in [5.41, 5.74) is 0.711. The summed E-state index contributed by atoms with van der Waals surface area (Å²) < 4.78 is 5.85. The fourth-order valence-electron chi connectivity index (χ4n) is 4.23. The minimum absolute atomic E-state index is 0.244. The van der Waals surface area contributed by atoms with Gasteiger partial charge in [-0.2, -0.15) is 0 Å². The Hall–Kier alpha value is -2.97. The summed E-state index contributed by atoms with van der Waals surface area (Å²) >= 11 is 0. The van der Waals surface area contributed by atoms with E-state index in [1.54, 1.807) is 14.0 Å². The lowest BCUT2D eigenvalue weighted by Gasteiger charge is -2.30. The van der Waals surface area contributed by atoms with Crippen molar-refractivity contribution in [2.45, 2.75) is 50.5 Å². The van der Waals surface area contributed by atoms with Crippen LogP contribution in [0.1, 0.15) is 26.2 Å². The van der Waals surface area contributed by atoms with E-state index < -0.39 is 24.4 Å². The Morgan fingerprint density at radius 1 is 1.10 bits per heavy atom. The first-order valence-corrected chi connectivity index (χ1v) is 10.7. The summed E-state index contributed by atoms with van der Waals surface area (Å²) in [6.45, 7) is 2.08. The molecule has 4 unspecified atom stereocenters. The molecule has 2 aromatic carbocycles. The number of carbonyl (C=O) groups is 3. The largest absolute Gasteiger partial charge is 0.358 e. The molecule has 0 spiro atoms. The summed E-state index contributed by atoms with van der Waals surface area (Å²) in [6, 6.07) is 11.8. The number of benzene rings is 2. The molecule has 8 nitrogen and oxygen atoms in total. The Balaban J connectivity index is 1.53. The third-order valence-corrected chi connectivity index (χ3v) is 6.10. The van der Waals surface area contributed by atoms with Crippen LogP contribution in [0.2, 0.25) is 0 Å². The van der Waals surface area contributed by atoms with E-state index in [1.807, 2.05) is 42.5 Å². The smallest absolute Gasteiger partial charge is 0.247 e. The lowest BCUT2D eigenvalue weighted by molar-refractivity contribution is -0.147. The first-order chi connectivity index (χ1) is 15.0. The van der Waals surface area contributed by atoms with E-state index in [0.717, 1.165) is 10.8 Å². The molecule has 4 rings (SSSR count). The molecule has 31 heavy (non-hydrogen) atoms. The first-order valence-electron chi connectivity index (χ1n) is 10.7. The zero-order chi connectivity index (χ0) is 22.0. The molecule has 0 aliphatic carbocycles. The van der Waals surface area contributed by atoms with Gasteiger partial charge >= 0.3 is 0 Å². The highest BCUT2D eigenvalue weighted by Crippen LogP contribution is 2.30. The second kappa shape index (κ2) is 9.03. The molecule has 0 saturated carbocycles. The average Bonchev–Trinajstić information content (AvgIpc) is 3.15. The summed E-state index contributed by atoms with van der Waals surface area (Å²) in [6.07, 6.45) is 1.04. The number of ether oxygens (including phenoxy) is 1. The summed E-state index contributed by atoms with van der Waals surface area (Å²) in [5, 5.41) is 10.6. The fourth-order valence-corrected chi connectivity index (χ4v) is 4.23. The van der Waals surface area contributed by atoms with Gasteiger partial charge < -0.3 is 25.6 Å². The van der Waals surface area contributed by atoms with Crippen LogP contribution < -0.4 is 16.0 Å². The number of hydrogen-bond acceptors (Lipinski definition) is 5. The molecule has 2 heterocycles. The summed E-state index contributed by atoms with van der Waals surface area (Å²) in [7, 11) is 1.69. The van der Waals surface area contributed by atoms with E-state index in [-0.39, 0.29) is 17.7 Å². The third kappa shape index (κ3) is 4.26. The molecular weight excluding hydrogens is 396 g/mol. The van der Waals surface area contributed by atoms with E-state index in [2.05, 4.69) is 16.0 Å². The van der Waals surface area contributed by atoms with E-state index in [1.165, 1.54) is 4.90 Å². The SMILES string of the molecule is CNC(C)C(=O)NC1CCOC2CCC(C(=O)Nc3cccc4ccccc34)N2C1=O. The van der Waals surface area contributed by atoms with Crippen molar-refractivity contribution in [3.8, 4) is 0 Å². The molecule has 4 atom stereocenters. The molecule has 2 aliphatic rings. The minimum atomic E-state index is -0.709. The first kappa shape index (κ1) is 21.3. The highest BCUT2D eigenvalue weighted by atomic mass is 16.5. The minimum Gasteiger partial charge on any atom is -0.358 e. The van der Waals surface area contributed by atoms with Crippen LogP contribution in [0.15, 0.2) is 42.5 Å². The molecule has 2 saturated heterocycles. The molecular formula is C23H28N4O4. The van der Waals surface area contributed by atoms with Crippen LogP contribution in [0.5, 0.6) is 0 Å². The molecule has 0 bridgehead atoms. The number of hydrogen-bond donors (Lipinski definition) is 3. The van der Waals surface area contributed by atoms with Crippen molar-refractivity contribution >= 4 is 34.2 Å². The maximum atomic E-state index is 13.3. The van der Waals surface area contributed by atoms with Crippen LogP contribution in [0.3, 0.4) is 0 Å². The van der Waals surface area contributed by atoms with Crippen LogP contribution in [0, 0.1) is 0 Å². The molecule has 164 valence electrons. The van der Waals surface area contributed by atoms with Crippen molar-refractivity contribution in [1.29, 1.82) is 0 Å². The lowest BCUT2D eigenvalue weighted by Crippen LogP contribution is -2.55. The molecule has 0 radical (unpaired) electrons. The van der Waals surface area contributed by atoms with Crippen LogP contribution in [0.4, 0.5) is 5.69 Å². The van der Waals surface area contributed by atoms with Crippen molar-refractivity contribution in [3.63, 3.8) is 0 Å². The van der Waals surface area contributed by atoms with Gasteiger partial charge in [0.2, 0.25) is 17.7 Å². The highest BCUT2D eigenvalue weighted by Gasteiger charge is 2.45. The van der Waals surface area contributed by atoms with Gasteiger partial charge in [-0.1, -0.05) is 36.4 Å². The number of anilines is 1. The Kier molecular flexibility index (Phi) is 6.20. The normalized spacial score (nSPS) is 24.4. The number of amides is 3. The maximum absolute atomic E-state index is 13.3. The fraction of sp³-hybridized carbons (Fsp3) is 0.435. The van der Waals surface area contributed by atoms with E-state index in [0.29, 0.717) is 31.6 Å². The van der Waals surface area contributed by atoms with Crippen LogP contribution >= 0.6 is 0 Å². The number of nitrogens with zero attached hydrogens (tertiary/aromatic N) is 1. The Morgan fingerprint density at radius 3 is 2.68 bits per heavy atom. The van der Waals surface area contributed by atoms with Gasteiger partial charge in [-0.15, -0.1) is 0 Å². The predicted octanol–water partition coefficient (Wildman–Crippen LogP) is 1.61. The standard InChI is InChI=1S/C23H28N4O4/c1-14(24-2)21(28)26-18-12-13-31-20-11-10-19(27(20)23(18)30)22(29)25-17-9-5-7-15-6-3-4-8-16(15)17/h3-9,14,18-20,24H,10-13H2,1-2H3,(H,25,29)(H,26,28). The summed E-state index contributed by atoms with van der Waals surface area (Å²) in [4.78, 5) is 40.3. The van der Waals surface area contributed by atoms with Gasteiger partial charge in [-0.25, -0.2) is 0 Å². The Bertz CT molecular complexity index is 989. The molecule has 2 fully saturated rings. The summed E-state index contributed by atoms with van der Waals surface area (Å²) in [5.74, 6) is -0.767. The number of nitrogens with one attached hydrogen (secondary N) is 3. The highest BCUT2D eigenvalue weighted by molar-refractivity contribution is 6.05.